The van der Waals surface area contributed by atoms with Crippen molar-refractivity contribution < 1.29 is 4.74 Å². The number of imidazole rings is 1. The van der Waals surface area contributed by atoms with Gasteiger partial charge in [0.2, 0.25) is 0 Å². The molecule has 4 heterocycles. The Bertz CT molecular complexity index is 1020. The van der Waals surface area contributed by atoms with Crippen molar-refractivity contribution >= 4 is 11.2 Å². The number of aromatic amines is 1. The number of H-pyrrole nitrogens is 1. The van der Waals surface area contributed by atoms with E-state index in [9.17, 15) is 0 Å². The fraction of sp³-hybridized carbons (Fsp3) is 0.600. The quantitative estimate of drug-likeness (QED) is 0.563. The van der Waals surface area contributed by atoms with Crippen LogP contribution in [0.2, 0.25) is 0 Å². The van der Waals surface area contributed by atoms with Crippen LogP contribution in [0.25, 0.3) is 11.2 Å². The number of ether oxygens (including phenoxy) is 1. The van der Waals surface area contributed by atoms with Gasteiger partial charge in [-0.25, -0.2) is 15.0 Å². The Morgan fingerprint density at radius 2 is 1.97 bits per heavy atom. The minimum atomic E-state index is -0.246. The zero-order valence-corrected chi connectivity index (χ0v) is 20.3. The van der Waals surface area contributed by atoms with Crippen molar-refractivity contribution in [3.63, 3.8) is 0 Å². The lowest BCUT2D eigenvalue weighted by molar-refractivity contribution is -0.109. The topological polar surface area (TPSA) is 79.8 Å². The summed E-state index contributed by atoms with van der Waals surface area (Å²) in [6, 6.07) is 4.32. The van der Waals surface area contributed by atoms with E-state index in [1.807, 2.05) is 13.1 Å². The Morgan fingerprint density at radius 3 is 2.66 bits per heavy atom. The number of likely N-dealkylation sites (tertiary alicyclic amines) is 1. The molecule has 1 aliphatic heterocycles. The van der Waals surface area contributed by atoms with Crippen LogP contribution in [-0.2, 0) is 16.7 Å². The summed E-state index contributed by atoms with van der Waals surface area (Å²) in [4.78, 5) is 23.6. The first kappa shape index (κ1) is 22.8. The lowest BCUT2D eigenvalue weighted by atomic mass is 9.69. The van der Waals surface area contributed by atoms with Gasteiger partial charge >= 0.3 is 0 Å². The standard InChI is InChI=1S/C25H36N6O/c1-7-32-24(5,6)25(11-10-21-29-20-15-26-17-28-22(20)30-21)12-13-31(16-25)23(3,4)19-9-8-18(2)27-14-19/h8-9,14-15,17H,7,10-13,16H2,1-6H3,(H,26,28,29,30). The second-order valence-corrected chi connectivity index (χ2v) is 10.1. The number of nitrogens with one attached hydrogen (secondary N) is 1. The van der Waals surface area contributed by atoms with Gasteiger partial charge in [0.1, 0.15) is 17.7 Å². The number of rotatable bonds is 8. The van der Waals surface area contributed by atoms with Gasteiger partial charge in [0.25, 0.3) is 0 Å². The summed E-state index contributed by atoms with van der Waals surface area (Å²) < 4.78 is 6.35. The number of fused-ring (bicyclic) bond motifs is 1. The minimum Gasteiger partial charge on any atom is -0.375 e. The maximum absolute atomic E-state index is 6.35. The summed E-state index contributed by atoms with van der Waals surface area (Å²) in [5, 5.41) is 0. The average molecular weight is 437 g/mol. The fourth-order valence-corrected chi connectivity index (χ4v) is 5.16. The molecule has 0 aromatic carbocycles. The van der Waals surface area contributed by atoms with Crippen molar-refractivity contribution in [3.05, 3.63) is 47.9 Å². The molecule has 32 heavy (non-hydrogen) atoms. The van der Waals surface area contributed by atoms with Gasteiger partial charge in [-0.15, -0.1) is 0 Å². The zero-order valence-electron chi connectivity index (χ0n) is 20.3. The number of hydrogen-bond donors (Lipinski definition) is 1. The molecule has 3 aromatic heterocycles. The summed E-state index contributed by atoms with van der Waals surface area (Å²) in [7, 11) is 0. The molecule has 1 N–H and O–H groups in total. The third-order valence-electron chi connectivity index (χ3n) is 7.60. The van der Waals surface area contributed by atoms with E-state index < -0.39 is 0 Å². The molecule has 4 rings (SSSR count). The molecule has 1 fully saturated rings. The van der Waals surface area contributed by atoms with E-state index >= 15 is 0 Å². The van der Waals surface area contributed by atoms with Crippen LogP contribution in [0.4, 0.5) is 0 Å². The number of aromatic nitrogens is 5. The van der Waals surface area contributed by atoms with Crippen LogP contribution in [0, 0.1) is 12.3 Å². The molecular weight excluding hydrogens is 400 g/mol. The molecule has 1 saturated heterocycles. The average Bonchev–Trinajstić information content (AvgIpc) is 3.38. The van der Waals surface area contributed by atoms with Gasteiger partial charge < -0.3 is 9.72 Å². The second kappa shape index (κ2) is 8.52. The molecule has 1 aliphatic rings. The van der Waals surface area contributed by atoms with E-state index in [0.29, 0.717) is 6.61 Å². The highest BCUT2D eigenvalue weighted by Gasteiger charge is 2.52. The Hall–Kier alpha value is -2.38. The van der Waals surface area contributed by atoms with Gasteiger partial charge in [-0.1, -0.05) is 6.07 Å². The van der Waals surface area contributed by atoms with Crippen LogP contribution in [0.1, 0.15) is 64.5 Å². The van der Waals surface area contributed by atoms with Gasteiger partial charge in [0.05, 0.1) is 11.8 Å². The van der Waals surface area contributed by atoms with Crippen LogP contribution in [0.15, 0.2) is 30.9 Å². The molecule has 1 atom stereocenters. The first-order chi connectivity index (χ1) is 15.2. The summed E-state index contributed by atoms with van der Waals surface area (Å²) in [6.45, 7) is 16.0. The van der Waals surface area contributed by atoms with E-state index in [1.54, 1.807) is 12.5 Å². The predicted molar refractivity (Wildman–Crippen MR) is 126 cm³/mol. The number of pyridine rings is 1. The molecule has 0 saturated carbocycles. The third kappa shape index (κ3) is 4.16. The maximum Gasteiger partial charge on any atom is 0.180 e. The smallest absolute Gasteiger partial charge is 0.180 e. The molecule has 0 amide bonds. The van der Waals surface area contributed by atoms with Crippen molar-refractivity contribution in [2.45, 2.75) is 71.9 Å². The molecular formula is C25H36N6O. The van der Waals surface area contributed by atoms with Gasteiger partial charge in [-0.3, -0.25) is 9.88 Å². The lowest BCUT2D eigenvalue weighted by Crippen LogP contribution is -2.50. The van der Waals surface area contributed by atoms with Crippen molar-refractivity contribution in [1.82, 2.24) is 29.8 Å². The number of aryl methyl sites for hydroxylation is 2. The SMILES string of the molecule is CCOC(C)(C)C1(CCc2nc3ncncc3[nH]2)CCN(C(C)(C)c2ccc(C)nc2)C1. The second-order valence-electron chi connectivity index (χ2n) is 10.1. The molecule has 0 aliphatic carbocycles. The van der Waals surface area contributed by atoms with Crippen LogP contribution in [0.5, 0.6) is 0 Å². The molecule has 0 radical (unpaired) electrons. The van der Waals surface area contributed by atoms with E-state index in [4.69, 9.17) is 4.74 Å². The minimum absolute atomic E-state index is 0.0169. The predicted octanol–water partition coefficient (Wildman–Crippen LogP) is 4.43. The highest BCUT2D eigenvalue weighted by atomic mass is 16.5. The van der Waals surface area contributed by atoms with Crippen LogP contribution < -0.4 is 0 Å². The van der Waals surface area contributed by atoms with Crippen molar-refractivity contribution in [3.8, 4) is 0 Å². The van der Waals surface area contributed by atoms with Gasteiger partial charge in [-0.2, -0.15) is 0 Å². The van der Waals surface area contributed by atoms with E-state index in [1.165, 1.54) is 5.56 Å². The molecule has 7 nitrogen and oxygen atoms in total. The van der Waals surface area contributed by atoms with Crippen molar-refractivity contribution in [2.24, 2.45) is 5.41 Å². The monoisotopic (exact) mass is 436 g/mol. The Labute approximate surface area is 191 Å². The largest absolute Gasteiger partial charge is 0.375 e. The molecule has 0 bridgehead atoms. The highest BCUT2D eigenvalue weighted by molar-refractivity contribution is 5.68. The van der Waals surface area contributed by atoms with Gasteiger partial charge in [0.15, 0.2) is 5.65 Å². The van der Waals surface area contributed by atoms with E-state index in [2.05, 4.69) is 76.6 Å². The summed E-state index contributed by atoms with van der Waals surface area (Å²) in [5.74, 6) is 0.965. The zero-order chi connectivity index (χ0) is 23.0. The van der Waals surface area contributed by atoms with Crippen LogP contribution in [-0.4, -0.2) is 55.1 Å². The number of hydrogen-bond acceptors (Lipinski definition) is 6. The summed E-state index contributed by atoms with van der Waals surface area (Å²) in [5.41, 5.74) is 3.60. The molecule has 7 heteroatoms. The Kier molecular flexibility index (Phi) is 6.07. The molecule has 1 unspecified atom stereocenters. The third-order valence-corrected chi connectivity index (χ3v) is 7.60. The summed E-state index contributed by atoms with van der Waals surface area (Å²) in [6.07, 6.45) is 8.29. The maximum atomic E-state index is 6.35. The summed E-state index contributed by atoms with van der Waals surface area (Å²) >= 11 is 0. The Morgan fingerprint density at radius 1 is 1.16 bits per heavy atom. The van der Waals surface area contributed by atoms with Crippen molar-refractivity contribution in [1.29, 1.82) is 0 Å². The molecule has 172 valence electrons. The normalized spacial score (nSPS) is 20.3. The first-order valence-corrected chi connectivity index (χ1v) is 11.6. The van der Waals surface area contributed by atoms with Crippen LogP contribution >= 0.6 is 0 Å². The first-order valence-electron chi connectivity index (χ1n) is 11.6. The highest BCUT2D eigenvalue weighted by Crippen LogP contribution is 2.49. The van der Waals surface area contributed by atoms with E-state index in [-0.39, 0.29) is 16.6 Å². The lowest BCUT2D eigenvalue weighted by Gasteiger charge is -2.45. The van der Waals surface area contributed by atoms with Crippen molar-refractivity contribution in [2.75, 3.05) is 19.7 Å². The van der Waals surface area contributed by atoms with Gasteiger partial charge in [-0.05, 0) is 72.6 Å². The molecule has 3 aromatic rings. The van der Waals surface area contributed by atoms with Gasteiger partial charge in [0, 0.05) is 42.4 Å². The Balaban J connectivity index is 1.58. The molecule has 0 spiro atoms. The fourth-order valence-electron chi connectivity index (χ4n) is 5.16. The number of nitrogens with zero attached hydrogens (tertiary/aromatic N) is 5. The van der Waals surface area contributed by atoms with E-state index in [0.717, 1.165) is 55.0 Å². The van der Waals surface area contributed by atoms with Crippen LogP contribution in [0.3, 0.4) is 0 Å².